The van der Waals surface area contributed by atoms with Crippen LogP contribution in [0.2, 0.25) is 0 Å². The minimum Gasteiger partial charge on any atom is -0.465 e. The van der Waals surface area contributed by atoms with Gasteiger partial charge in [0.15, 0.2) is 9.84 Å². The summed E-state index contributed by atoms with van der Waals surface area (Å²) in [6.45, 7) is 0.985. The quantitative estimate of drug-likeness (QED) is 0.794. The van der Waals surface area contributed by atoms with Crippen LogP contribution in [0.25, 0.3) is 5.57 Å². The van der Waals surface area contributed by atoms with Gasteiger partial charge in [-0.2, -0.15) is 0 Å². The molecule has 0 amide bonds. The number of methoxy groups -OCH3 is 1. The Balaban J connectivity index is 2.59. The second-order valence-corrected chi connectivity index (χ2v) is 6.51. The zero-order valence-electron chi connectivity index (χ0n) is 11.4. The number of carbonyl (C=O) groups excluding carboxylic acids is 1. The molecule has 0 saturated carbocycles. The van der Waals surface area contributed by atoms with Crippen LogP contribution in [-0.4, -0.2) is 41.0 Å². The van der Waals surface area contributed by atoms with E-state index in [1.807, 2.05) is 6.08 Å². The monoisotopic (exact) mass is 296 g/mol. The summed E-state index contributed by atoms with van der Waals surface area (Å²) in [6.07, 6.45) is 3.62. The van der Waals surface area contributed by atoms with Crippen molar-refractivity contribution in [2.75, 3.05) is 26.6 Å². The van der Waals surface area contributed by atoms with Gasteiger partial charge in [-0.3, -0.25) is 0 Å². The van der Waals surface area contributed by atoms with E-state index in [9.17, 15) is 13.2 Å². The Labute approximate surface area is 118 Å². The Morgan fingerprint density at radius 2 is 2.10 bits per heavy atom. The van der Waals surface area contributed by atoms with Crippen LogP contribution in [0.4, 0.5) is 0 Å². The molecule has 0 N–H and O–H groups in total. The topological polar surface area (TPSA) is 69.7 Å². The third-order valence-electron chi connectivity index (χ3n) is 3.11. The molecule has 0 aromatic heterocycles. The molecule has 108 valence electrons. The summed E-state index contributed by atoms with van der Waals surface area (Å²) < 4.78 is 33.6. The van der Waals surface area contributed by atoms with Crippen molar-refractivity contribution in [3.8, 4) is 0 Å². The van der Waals surface area contributed by atoms with Crippen molar-refractivity contribution in [3.63, 3.8) is 0 Å². The fourth-order valence-corrected chi connectivity index (χ4v) is 3.03. The Bertz CT molecular complexity index is 658. The highest BCUT2D eigenvalue weighted by molar-refractivity contribution is 7.90. The summed E-state index contributed by atoms with van der Waals surface area (Å²) in [4.78, 5) is 11.8. The summed E-state index contributed by atoms with van der Waals surface area (Å²) in [5.41, 5.74) is 1.77. The van der Waals surface area contributed by atoms with Crippen molar-refractivity contribution in [1.82, 2.24) is 0 Å². The summed E-state index contributed by atoms with van der Waals surface area (Å²) >= 11 is 0. The lowest BCUT2D eigenvalue weighted by atomic mass is 9.99. The number of benzene rings is 1. The number of sulfone groups is 1. The maximum absolute atomic E-state index is 11.9. The lowest BCUT2D eigenvalue weighted by Crippen LogP contribution is -2.10. The van der Waals surface area contributed by atoms with E-state index in [2.05, 4.69) is 4.74 Å². The number of rotatable bonds is 3. The van der Waals surface area contributed by atoms with Gasteiger partial charge in [-0.15, -0.1) is 0 Å². The second-order valence-electron chi connectivity index (χ2n) is 4.53. The fraction of sp³-hybridized carbons (Fsp3) is 0.357. The normalized spacial score (nSPS) is 15.6. The summed E-state index contributed by atoms with van der Waals surface area (Å²) in [5, 5.41) is 0. The summed E-state index contributed by atoms with van der Waals surface area (Å²) in [6, 6.07) is 4.48. The highest BCUT2D eigenvalue weighted by Gasteiger charge is 2.20. The maximum atomic E-state index is 11.9. The van der Waals surface area contributed by atoms with Crippen LogP contribution < -0.4 is 0 Å². The maximum Gasteiger partial charge on any atom is 0.337 e. The minimum absolute atomic E-state index is 0.221. The van der Waals surface area contributed by atoms with Gasteiger partial charge in [0, 0.05) is 6.26 Å². The largest absolute Gasteiger partial charge is 0.465 e. The molecule has 20 heavy (non-hydrogen) atoms. The van der Waals surface area contributed by atoms with Crippen LogP contribution in [0.5, 0.6) is 0 Å². The summed E-state index contributed by atoms with van der Waals surface area (Å²) in [5.74, 6) is -0.487. The molecule has 1 aliphatic heterocycles. The van der Waals surface area contributed by atoms with E-state index in [0.717, 1.165) is 11.8 Å². The average molecular weight is 296 g/mol. The molecule has 1 aromatic carbocycles. The molecule has 0 aliphatic carbocycles. The third-order valence-corrected chi connectivity index (χ3v) is 4.26. The van der Waals surface area contributed by atoms with Gasteiger partial charge in [0.25, 0.3) is 0 Å². The Morgan fingerprint density at radius 3 is 2.65 bits per heavy atom. The van der Waals surface area contributed by atoms with E-state index < -0.39 is 15.8 Å². The number of esters is 1. The van der Waals surface area contributed by atoms with Crippen molar-refractivity contribution < 1.29 is 22.7 Å². The van der Waals surface area contributed by atoms with Crippen LogP contribution in [0, 0.1) is 0 Å². The lowest BCUT2D eigenvalue weighted by Gasteiger charge is -2.17. The van der Waals surface area contributed by atoms with Gasteiger partial charge >= 0.3 is 5.97 Å². The third kappa shape index (κ3) is 3.08. The lowest BCUT2D eigenvalue weighted by molar-refractivity contribution is 0.0600. The highest BCUT2D eigenvalue weighted by atomic mass is 32.2. The molecule has 0 unspecified atom stereocenters. The smallest absolute Gasteiger partial charge is 0.337 e. The Morgan fingerprint density at radius 1 is 1.35 bits per heavy atom. The number of ether oxygens (including phenoxy) is 2. The zero-order chi connectivity index (χ0) is 14.8. The van der Waals surface area contributed by atoms with Crippen LogP contribution >= 0.6 is 0 Å². The summed E-state index contributed by atoms with van der Waals surface area (Å²) in [7, 11) is -2.07. The van der Waals surface area contributed by atoms with Crippen molar-refractivity contribution in [1.29, 1.82) is 0 Å². The van der Waals surface area contributed by atoms with Gasteiger partial charge in [-0.05, 0) is 35.8 Å². The molecular weight excluding hydrogens is 280 g/mol. The molecule has 1 heterocycles. The molecule has 6 heteroatoms. The van der Waals surface area contributed by atoms with E-state index >= 15 is 0 Å². The van der Waals surface area contributed by atoms with Gasteiger partial charge in [0.1, 0.15) is 0 Å². The van der Waals surface area contributed by atoms with Crippen LogP contribution in [0.15, 0.2) is 29.2 Å². The van der Waals surface area contributed by atoms with Crippen LogP contribution in [0.3, 0.4) is 0 Å². The van der Waals surface area contributed by atoms with E-state index in [1.165, 1.54) is 19.2 Å². The number of carbonyl (C=O) groups is 1. The van der Waals surface area contributed by atoms with E-state index in [0.29, 0.717) is 30.8 Å². The van der Waals surface area contributed by atoms with Crippen molar-refractivity contribution in [2.45, 2.75) is 11.3 Å². The molecule has 0 spiro atoms. The number of hydrogen-bond donors (Lipinski definition) is 0. The first-order valence-electron chi connectivity index (χ1n) is 6.13. The molecule has 2 rings (SSSR count). The average Bonchev–Trinajstić information content (AvgIpc) is 2.45. The molecule has 0 fully saturated rings. The molecule has 0 saturated heterocycles. The van der Waals surface area contributed by atoms with E-state index in [4.69, 9.17) is 4.74 Å². The van der Waals surface area contributed by atoms with Gasteiger partial charge in [0.2, 0.25) is 0 Å². The Kier molecular flexibility index (Phi) is 4.25. The molecule has 5 nitrogen and oxygen atoms in total. The Hall–Kier alpha value is -1.66. The first-order chi connectivity index (χ1) is 9.43. The highest BCUT2D eigenvalue weighted by Crippen LogP contribution is 2.29. The molecule has 1 aromatic rings. The van der Waals surface area contributed by atoms with Gasteiger partial charge in [-0.1, -0.05) is 6.08 Å². The van der Waals surface area contributed by atoms with Gasteiger partial charge < -0.3 is 9.47 Å². The minimum atomic E-state index is -3.37. The van der Waals surface area contributed by atoms with Crippen LogP contribution in [-0.2, 0) is 19.3 Å². The van der Waals surface area contributed by atoms with Gasteiger partial charge in [-0.25, -0.2) is 13.2 Å². The second kappa shape index (κ2) is 5.76. The zero-order valence-corrected chi connectivity index (χ0v) is 12.2. The van der Waals surface area contributed by atoms with Crippen molar-refractivity contribution in [3.05, 3.63) is 35.4 Å². The standard InChI is InChI=1S/C14H16O5S/c1-18-14(15)11-3-4-13(20(2,16)17)12(9-11)10-5-7-19-8-6-10/h3-5,9H,6-8H2,1-2H3. The van der Waals surface area contributed by atoms with E-state index in [-0.39, 0.29) is 4.90 Å². The van der Waals surface area contributed by atoms with Crippen molar-refractivity contribution in [2.24, 2.45) is 0 Å². The SMILES string of the molecule is COC(=O)c1ccc(S(C)(=O)=O)c(C2=CCOCC2)c1. The first-order valence-corrected chi connectivity index (χ1v) is 8.02. The van der Waals surface area contributed by atoms with Crippen molar-refractivity contribution >= 4 is 21.4 Å². The predicted octanol–water partition coefficient (Wildman–Crippen LogP) is 1.68. The van der Waals surface area contributed by atoms with Gasteiger partial charge in [0.05, 0.1) is 30.8 Å². The molecule has 0 radical (unpaired) electrons. The fourth-order valence-electron chi connectivity index (χ4n) is 2.12. The predicted molar refractivity (Wildman–Crippen MR) is 74.3 cm³/mol. The molecular formula is C14H16O5S. The molecule has 1 aliphatic rings. The molecule has 0 atom stereocenters. The first kappa shape index (κ1) is 14.7. The number of hydrogen-bond acceptors (Lipinski definition) is 5. The van der Waals surface area contributed by atoms with Crippen LogP contribution in [0.1, 0.15) is 22.3 Å². The van der Waals surface area contributed by atoms with E-state index in [1.54, 1.807) is 6.07 Å². The molecule has 0 bridgehead atoms.